The maximum absolute atomic E-state index is 4.33. The van der Waals surface area contributed by atoms with Gasteiger partial charge in [-0.15, -0.1) is 0 Å². The molecule has 0 amide bonds. The lowest BCUT2D eigenvalue weighted by Gasteiger charge is -1.97. The number of hydrogen-bond donors (Lipinski definition) is 1. The van der Waals surface area contributed by atoms with Crippen molar-refractivity contribution >= 4 is 5.84 Å². The normalized spacial score (nSPS) is 16.6. The van der Waals surface area contributed by atoms with E-state index in [9.17, 15) is 0 Å². The van der Waals surface area contributed by atoms with Gasteiger partial charge in [-0.1, -0.05) is 25.5 Å². The molecule has 0 radical (unpaired) electrons. The van der Waals surface area contributed by atoms with Gasteiger partial charge in [0.15, 0.2) is 0 Å². The van der Waals surface area contributed by atoms with E-state index in [2.05, 4.69) is 29.4 Å². The van der Waals surface area contributed by atoms with Crippen LogP contribution in [0.25, 0.3) is 0 Å². The number of unbranched alkanes of at least 4 members (excludes halogenated alkanes) is 1. The van der Waals surface area contributed by atoms with E-state index in [0.29, 0.717) is 0 Å². The van der Waals surface area contributed by atoms with Gasteiger partial charge in [-0.2, -0.15) is 0 Å². The van der Waals surface area contributed by atoms with Crippen LogP contribution < -0.4 is 5.32 Å². The van der Waals surface area contributed by atoms with Crippen molar-refractivity contribution in [3.8, 4) is 0 Å². The monoisotopic (exact) mass is 166 g/mol. The molecule has 1 aliphatic rings. The van der Waals surface area contributed by atoms with Crippen LogP contribution in [0.15, 0.2) is 17.1 Å². The van der Waals surface area contributed by atoms with Gasteiger partial charge in [0.1, 0.15) is 0 Å². The van der Waals surface area contributed by atoms with Crippen molar-refractivity contribution in [1.29, 1.82) is 0 Å². The number of rotatable bonds is 5. The quantitative estimate of drug-likeness (QED) is 0.622. The molecule has 0 bridgehead atoms. The number of allylic oxidation sites excluding steroid dienone is 2. The molecule has 0 spiro atoms. The van der Waals surface area contributed by atoms with Crippen LogP contribution in [0.2, 0.25) is 0 Å². The predicted octanol–water partition coefficient (Wildman–Crippen LogP) is 2.12. The van der Waals surface area contributed by atoms with Crippen LogP contribution in [0.5, 0.6) is 0 Å². The third-order valence-corrected chi connectivity index (χ3v) is 1.91. The Balaban J connectivity index is 2.01. The lowest BCUT2D eigenvalue weighted by atomic mass is 10.2. The molecule has 0 aromatic carbocycles. The van der Waals surface area contributed by atoms with Crippen LogP contribution in [0, 0.1) is 0 Å². The van der Waals surface area contributed by atoms with E-state index >= 15 is 0 Å². The van der Waals surface area contributed by atoms with Gasteiger partial charge in [-0.05, 0) is 12.8 Å². The zero-order valence-corrected chi connectivity index (χ0v) is 7.84. The van der Waals surface area contributed by atoms with Gasteiger partial charge in [0.2, 0.25) is 0 Å². The first-order chi connectivity index (χ1) is 5.93. The first-order valence-corrected chi connectivity index (χ1v) is 4.85. The smallest absolute Gasteiger partial charge is 0.0967 e. The van der Waals surface area contributed by atoms with Crippen LogP contribution in [0.1, 0.15) is 32.6 Å². The number of aliphatic imine (C=N–C) groups is 1. The van der Waals surface area contributed by atoms with Crippen molar-refractivity contribution < 1.29 is 0 Å². The van der Waals surface area contributed by atoms with Crippen LogP contribution in [0.4, 0.5) is 0 Å². The fourth-order valence-corrected chi connectivity index (χ4v) is 1.24. The highest BCUT2D eigenvalue weighted by molar-refractivity contribution is 5.83. The molecule has 0 aliphatic carbocycles. The maximum atomic E-state index is 4.33. The van der Waals surface area contributed by atoms with E-state index in [4.69, 9.17) is 0 Å². The molecule has 0 fully saturated rings. The molecule has 2 nitrogen and oxygen atoms in total. The van der Waals surface area contributed by atoms with Gasteiger partial charge >= 0.3 is 0 Å². The summed E-state index contributed by atoms with van der Waals surface area (Å²) in [6, 6.07) is 0. The van der Waals surface area contributed by atoms with Crippen molar-refractivity contribution in [2.75, 3.05) is 13.1 Å². The molecular weight excluding hydrogens is 148 g/mol. The number of amidine groups is 1. The summed E-state index contributed by atoms with van der Waals surface area (Å²) in [6.07, 6.45) is 9.18. The Hall–Kier alpha value is -0.790. The third-order valence-electron chi connectivity index (χ3n) is 1.91. The average molecular weight is 166 g/mol. The summed E-state index contributed by atoms with van der Waals surface area (Å²) in [6.45, 7) is 4.20. The minimum Gasteiger partial charge on any atom is -0.372 e. The molecule has 1 N–H and O–H groups in total. The Morgan fingerprint density at radius 1 is 1.42 bits per heavy atom. The largest absolute Gasteiger partial charge is 0.372 e. The lowest BCUT2D eigenvalue weighted by Crippen LogP contribution is -2.17. The summed E-state index contributed by atoms with van der Waals surface area (Å²) in [4.78, 5) is 4.33. The summed E-state index contributed by atoms with van der Waals surface area (Å²) in [7, 11) is 0. The third kappa shape index (κ3) is 3.56. The van der Waals surface area contributed by atoms with Crippen molar-refractivity contribution in [2.45, 2.75) is 32.6 Å². The van der Waals surface area contributed by atoms with E-state index in [1.54, 1.807) is 0 Å². The minimum absolute atomic E-state index is 0.966. The molecule has 0 atom stereocenters. The molecule has 1 aliphatic heterocycles. The second kappa shape index (κ2) is 5.81. The van der Waals surface area contributed by atoms with Crippen LogP contribution in [-0.4, -0.2) is 18.9 Å². The van der Waals surface area contributed by atoms with Crippen LogP contribution >= 0.6 is 0 Å². The van der Waals surface area contributed by atoms with Crippen LogP contribution in [0.3, 0.4) is 0 Å². The van der Waals surface area contributed by atoms with Gasteiger partial charge in [0, 0.05) is 13.0 Å². The molecule has 0 saturated carbocycles. The molecular formula is C10H18N2. The summed E-state index contributed by atoms with van der Waals surface area (Å²) >= 11 is 0. The molecule has 12 heavy (non-hydrogen) atoms. The lowest BCUT2D eigenvalue weighted by molar-refractivity contribution is 0.931. The predicted molar refractivity (Wildman–Crippen MR) is 53.6 cm³/mol. The second-order valence-electron chi connectivity index (χ2n) is 3.05. The molecule has 68 valence electrons. The highest BCUT2D eigenvalue weighted by Crippen LogP contribution is 1.98. The summed E-state index contributed by atoms with van der Waals surface area (Å²) < 4.78 is 0. The number of nitrogens with one attached hydrogen (secondary N) is 1. The fraction of sp³-hybridized carbons (Fsp3) is 0.700. The standard InChI is InChI=1S/C10H18N2/c1-2-3-4-5-6-7-10-11-8-9-12-10/h4-5H,2-3,6-9H2,1H3,(H,11,12)/b5-4+. The van der Waals surface area contributed by atoms with E-state index in [-0.39, 0.29) is 0 Å². The highest BCUT2D eigenvalue weighted by Gasteiger charge is 2.01. The summed E-state index contributed by atoms with van der Waals surface area (Å²) in [5.41, 5.74) is 0. The van der Waals surface area contributed by atoms with Gasteiger partial charge in [-0.25, -0.2) is 0 Å². The van der Waals surface area contributed by atoms with Crippen molar-refractivity contribution in [3.05, 3.63) is 12.2 Å². The van der Waals surface area contributed by atoms with Gasteiger partial charge in [0.05, 0.1) is 12.4 Å². The molecule has 0 aromatic heterocycles. The van der Waals surface area contributed by atoms with Crippen LogP contribution in [-0.2, 0) is 0 Å². The molecule has 2 heteroatoms. The minimum atomic E-state index is 0.966. The SMILES string of the molecule is CCC/C=C/CCC1=NCCN1. The van der Waals surface area contributed by atoms with Crippen molar-refractivity contribution in [1.82, 2.24) is 5.32 Å². The summed E-state index contributed by atoms with van der Waals surface area (Å²) in [5.74, 6) is 1.19. The molecule has 1 rings (SSSR count). The second-order valence-corrected chi connectivity index (χ2v) is 3.05. The van der Waals surface area contributed by atoms with E-state index in [1.807, 2.05) is 0 Å². The zero-order valence-electron chi connectivity index (χ0n) is 7.84. The maximum Gasteiger partial charge on any atom is 0.0967 e. The van der Waals surface area contributed by atoms with Crippen molar-refractivity contribution in [2.24, 2.45) is 4.99 Å². The molecule has 0 unspecified atom stereocenters. The highest BCUT2D eigenvalue weighted by atomic mass is 15.1. The van der Waals surface area contributed by atoms with Gasteiger partial charge in [-0.3, -0.25) is 4.99 Å². The van der Waals surface area contributed by atoms with E-state index in [0.717, 1.165) is 25.9 Å². The van der Waals surface area contributed by atoms with Gasteiger partial charge < -0.3 is 5.32 Å². The topological polar surface area (TPSA) is 24.4 Å². The average Bonchev–Trinajstić information content (AvgIpc) is 2.57. The van der Waals surface area contributed by atoms with Crippen molar-refractivity contribution in [3.63, 3.8) is 0 Å². The fourth-order valence-electron chi connectivity index (χ4n) is 1.24. The van der Waals surface area contributed by atoms with E-state index < -0.39 is 0 Å². The molecule has 1 heterocycles. The first-order valence-electron chi connectivity index (χ1n) is 4.85. The Labute approximate surface area is 74.8 Å². The zero-order chi connectivity index (χ0) is 8.65. The number of nitrogens with zero attached hydrogens (tertiary/aromatic N) is 1. The summed E-state index contributed by atoms with van der Waals surface area (Å²) in [5, 5.41) is 3.26. The first kappa shape index (κ1) is 9.30. The Morgan fingerprint density at radius 3 is 2.92 bits per heavy atom. The Morgan fingerprint density at radius 2 is 2.25 bits per heavy atom. The molecule has 0 saturated heterocycles. The molecule has 0 aromatic rings. The Bertz CT molecular complexity index is 171. The Kier molecular flexibility index (Phi) is 4.50. The number of hydrogen-bond acceptors (Lipinski definition) is 2. The van der Waals surface area contributed by atoms with E-state index in [1.165, 1.54) is 18.7 Å². The van der Waals surface area contributed by atoms with Gasteiger partial charge in [0.25, 0.3) is 0 Å².